The Morgan fingerprint density at radius 3 is 2.26 bits per heavy atom. The average Bonchev–Trinajstić information content (AvgIpc) is 2.72. The van der Waals surface area contributed by atoms with Crippen molar-refractivity contribution < 1.29 is 18.0 Å². The molecule has 0 saturated heterocycles. The van der Waals surface area contributed by atoms with Gasteiger partial charge in [-0.1, -0.05) is 47.0 Å². The molecule has 31 heavy (non-hydrogen) atoms. The van der Waals surface area contributed by atoms with Gasteiger partial charge in [-0.05, 0) is 43.7 Å². The van der Waals surface area contributed by atoms with Gasteiger partial charge in [0.2, 0.25) is 21.8 Å². The molecule has 0 aliphatic carbocycles. The van der Waals surface area contributed by atoms with Gasteiger partial charge < -0.3 is 10.2 Å². The molecule has 1 unspecified atom stereocenters. The highest BCUT2D eigenvalue weighted by molar-refractivity contribution is 7.89. The van der Waals surface area contributed by atoms with Crippen LogP contribution in [0.15, 0.2) is 47.4 Å². The smallest absolute Gasteiger partial charge is 0.243 e. The summed E-state index contributed by atoms with van der Waals surface area (Å²) in [5.74, 6) is -0.928. The molecular weight excluding hydrogens is 461 g/mol. The zero-order valence-corrected chi connectivity index (χ0v) is 20.1. The highest BCUT2D eigenvalue weighted by atomic mass is 35.5. The molecule has 1 N–H and O–H groups in total. The minimum atomic E-state index is -3.88. The van der Waals surface area contributed by atoms with E-state index < -0.39 is 28.5 Å². The van der Waals surface area contributed by atoms with E-state index in [1.807, 2.05) is 6.92 Å². The first-order valence-electron chi connectivity index (χ1n) is 9.45. The van der Waals surface area contributed by atoms with Crippen LogP contribution in [0.4, 0.5) is 0 Å². The molecule has 0 aromatic heterocycles. The Morgan fingerprint density at radius 1 is 1.10 bits per heavy atom. The standard InChI is InChI=1S/C21H25Cl2N3O4S/c1-14-5-9-18(10-6-14)31(29,30)25(4)13-20(27)26(15(2)21(28)24-3)12-16-7-8-17(22)11-19(16)23/h5-11,15H,12-13H2,1-4H3,(H,24,28). The number of rotatable bonds is 8. The van der Waals surface area contributed by atoms with Crippen LogP contribution in [0.5, 0.6) is 0 Å². The van der Waals surface area contributed by atoms with E-state index in [4.69, 9.17) is 23.2 Å². The third-order valence-electron chi connectivity index (χ3n) is 4.86. The van der Waals surface area contributed by atoms with Crippen molar-refractivity contribution in [1.82, 2.24) is 14.5 Å². The highest BCUT2D eigenvalue weighted by Crippen LogP contribution is 2.23. The Bertz CT molecular complexity index is 1060. The molecule has 7 nitrogen and oxygen atoms in total. The van der Waals surface area contributed by atoms with Crippen molar-refractivity contribution in [1.29, 1.82) is 0 Å². The number of carbonyl (C=O) groups excluding carboxylic acids is 2. The second kappa shape index (κ2) is 10.5. The van der Waals surface area contributed by atoms with Crippen molar-refractivity contribution >= 4 is 45.0 Å². The molecule has 2 aromatic rings. The van der Waals surface area contributed by atoms with Crippen LogP contribution in [-0.4, -0.2) is 56.1 Å². The van der Waals surface area contributed by atoms with Gasteiger partial charge in [0, 0.05) is 30.7 Å². The van der Waals surface area contributed by atoms with E-state index in [0.717, 1.165) is 9.87 Å². The number of nitrogens with one attached hydrogen (secondary N) is 1. The Morgan fingerprint density at radius 2 is 1.71 bits per heavy atom. The van der Waals surface area contributed by atoms with Gasteiger partial charge in [-0.2, -0.15) is 4.31 Å². The van der Waals surface area contributed by atoms with Crippen molar-refractivity contribution in [2.75, 3.05) is 20.6 Å². The van der Waals surface area contributed by atoms with E-state index in [1.54, 1.807) is 37.3 Å². The lowest BCUT2D eigenvalue weighted by molar-refractivity contribution is -0.140. The Hall–Kier alpha value is -2.13. The Labute approximate surface area is 193 Å². The summed E-state index contributed by atoms with van der Waals surface area (Å²) in [6.07, 6.45) is 0. The third kappa shape index (κ3) is 6.20. The summed E-state index contributed by atoms with van der Waals surface area (Å²) in [4.78, 5) is 26.7. The Balaban J connectivity index is 2.29. The summed E-state index contributed by atoms with van der Waals surface area (Å²) in [5.41, 5.74) is 1.50. The molecule has 168 valence electrons. The summed E-state index contributed by atoms with van der Waals surface area (Å²) in [6, 6.07) is 10.3. The van der Waals surface area contributed by atoms with Crippen LogP contribution in [0.1, 0.15) is 18.1 Å². The topological polar surface area (TPSA) is 86.8 Å². The first-order chi connectivity index (χ1) is 14.5. The summed E-state index contributed by atoms with van der Waals surface area (Å²) >= 11 is 12.2. The molecule has 0 aliphatic rings. The molecule has 0 radical (unpaired) electrons. The molecule has 0 saturated carbocycles. The molecule has 1 atom stereocenters. The summed E-state index contributed by atoms with van der Waals surface area (Å²) < 4.78 is 26.7. The fourth-order valence-corrected chi connectivity index (χ4v) is 4.47. The van der Waals surface area contributed by atoms with Crippen LogP contribution in [0, 0.1) is 6.92 Å². The monoisotopic (exact) mass is 485 g/mol. The molecular formula is C21H25Cl2N3O4S. The fraction of sp³-hybridized carbons (Fsp3) is 0.333. The molecule has 0 fully saturated rings. The molecule has 10 heteroatoms. The molecule has 2 amide bonds. The largest absolute Gasteiger partial charge is 0.357 e. The van der Waals surface area contributed by atoms with Crippen molar-refractivity contribution in [3.8, 4) is 0 Å². The molecule has 0 aliphatic heterocycles. The SMILES string of the molecule is CNC(=O)C(C)N(Cc1ccc(Cl)cc1Cl)C(=O)CN(C)S(=O)(=O)c1ccc(C)cc1. The molecule has 2 rings (SSSR count). The lowest BCUT2D eigenvalue weighted by atomic mass is 10.1. The number of aryl methyl sites for hydroxylation is 1. The number of halogens is 2. The number of nitrogens with zero attached hydrogens (tertiary/aromatic N) is 2. The van der Waals surface area contributed by atoms with Crippen LogP contribution in [-0.2, 0) is 26.2 Å². The lowest BCUT2D eigenvalue weighted by Gasteiger charge is -2.30. The number of hydrogen-bond acceptors (Lipinski definition) is 4. The quantitative estimate of drug-likeness (QED) is 0.622. The van der Waals surface area contributed by atoms with E-state index in [0.29, 0.717) is 15.6 Å². The van der Waals surface area contributed by atoms with Gasteiger partial charge in [-0.25, -0.2) is 8.42 Å². The second-order valence-electron chi connectivity index (χ2n) is 7.12. The number of benzene rings is 2. The maximum atomic E-state index is 13.1. The van der Waals surface area contributed by atoms with Crippen LogP contribution >= 0.6 is 23.2 Å². The van der Waals surface area contributed by atoms with Gasteiger partial charge in [0.05, 0.1) is 11.4 Å². The maximum Gasteiger partial charge on any atom is 0.243 e. The number of likely N-dealkylation sites (N-methyl/N-ethyl adjacent to an activating group) is 2. The molecule has 0 spiro atoms. The Kier molecular flexibility index (Phi) is 8.48. The van der Waals surface area contributed by atoms with Crippen molar-refractivity contribution in [3.63, 3.8) is 0 Å². The zero-order valence-electron chi connectivity index (χ0n) is 17.7. The van der Waals surface area contributed by atoms with E-state index in [1.165, 1.54) is 31.1 Å². The van der Waals surface area contributed by atoms with Crippen LogP contribution in [0.3, 0.4) is 0 Å². The predicted octanol–water partition coefficient (Wildman–Crippen LogP) is 3.09. The van der Waals surface area contributed by atoms with E-state index in [-0.39, 0.29) is 17.3 Å². The fourth-order valence-electron chi connectivity index (χ4n) is 2.88. The number of hydrogen-bond donors (Lipinski definition) is 1. The minimum absolute atomic E-state index is 0.0157. The molecule has 0 heterocycles. The van der Waals surface area contributed by atoms with Crippen LogP contribution in [0.2, 0.25) is 10.0 Å². The second-order valence-corrected chi connectivity index (χ2v) is 10.0. The van der Waals surface area contributed by atoms with Gasteiger partial charge in [0.15, 0.2) is 0 Å². The lowest BCUT2D eigenvalue weighted by Crippen LogP contribution is -2.50. The van der Waals surface area contributed by atoms with E-state index >= 15 is 0 Å². The van der Waals surface area contributed by atoms with Gasteiger partial charge in [-0.15, -0.1) is 0 Å². The zero-order chi connectivity index (χ0) is 23.3. The maximum absolute atomic E-state index is 13.1. The summed E-state index contributed by atoms with van der Waals surface area (Å²) in [6.45, 7) is 2.99. The van der Waals surface area contributed by atoms with Crippen molar-refractivity contribution in [3.05, 3.63) is 63.6 Å². The van der Waals surface area contributed by atoms with Crippen molar-refractivity contribution in [2.45, 2.75) is 31.3 Å². The minimum Gasteiger partial charge on any atom is -0.357 e. The normalized spacial score (nSPS) is 12.5. The third-order valence-corrected chi connectivity index (χ3v) is 7.26. The highest BCUT2D eigenvalue weighted by Gasteiger charge is 2.30. The molecule has 2 aromatic carbocycles. The summed E-state index contributed by atoms with van der Waals surface area (Å²) in [5, 5.41) is 3.29. The van der Waals surface area contributed by atoms with E-state index in [2.05, 4.69) is 5.32 Å². The van der Waals surface area contributed by atoms with Crippen LogP contribution in [0.25, 0.3) is 0 Å². The van der Waals surface area contributed by atoms with Gasteiger partial charge in [-0.3, -0.25) is 9.59 Å². The number of carbonyl (C=O) groups is 2. The number of sulfonamides is 1. The van der Waals surface area contributed by atoms with Gasteiger partial charge in [0.25, 0.3) is 0 Å². The van der Waals surface area contributed by atoms with Gasteiger partial charge in [0.1, 0.15) is 6.04 Å². The van der Waals surface area contributed by atoms with Crippen molar-refractivity contribution in [2.24, 2.45) is 0 Å². The van der Waals surface area contributed by atoms with Gasteiger partial charge >= 0.3 is 0 Å². The average molecular weight is 486 g/mol. The first kappa shape index (κ1) is 25.1. The number of amides is 2. The predicted molar refractivity (Wildman–Crippen MR) is 122 cm³/mol. The first-order valence-corrected chi connectivity index (χ1v) is 11.6. The van der Waals surface area contributed by atoms with E-state index in [9.17, 15) is 18.0 Å². The molecule has 0 bridgehead atoms. The van der Waals surface area contributed by atoms with Crippen LogP contribution < -0.4 is 5.32 Å². The summed E-state index contributed by atoms with van der Waals surface area (Å²) in [7, 11) is -1.09.